The second-order valence-electron chi connectivity index (χ2n) is 8.03. The normalized spacial score (nSPS) is 13.1. The molecule has 0 fully saturated rings. The average molecular weight is 531 g/mol. The highest BCUT2D eigenvalue weighted by Crippen LogP contribution is 2.21. The molecule has 0 spiro atoms. The third-order valence-electron chi connectivity index (χ3n) is 4.87. The van der Waals surface area contributed by atoms with E-state index in [0.717, 1.165) is 15.7 Å². The summed E-state index contributed by atoms with van der Waals surface area (Å²) in [6, 6.07) is 6.79. The zero-order valence-corrected chi connectivity index (χ0v) is 20.6. The molecule has 2 rings (SSSR count). The molecule has 1 aromatic heterocycles. The standard InChI is InChI=1S/C22H29BrF2N4O4/c1-13(2)19(28-22(31)32-4)20(30)29(10-14(3)12-33-21(24)25)11-18-26-9-17(27-18)15-5-7-16(23)8-6-15/h5-9,13-14,19,21H,10-12H2,1-4H3,(H,26,27)(H,28,31)/t14-,19-/m0/s1. The van der Waals surface area contributed by atoms with E-state index in [1.165, 1.54) is 12.0 Å². The second kappa shape index (κ2) is 12.6. The van der Waals surface area contributed by atoms with Crippen molar-refractivity contribution in [1.82, 2.24) is 20.2 Å². The third kappa shape index (κ3) is 8.39. The van der Waals surface area contributed by atoms with Crippen LogP contribution in [0.4, 0.5) is 13.6 Å². The van der Waals surface area contributed by atoms with Crippen LogP contribution in [-0.4, -0.2) is 59.8 Å². The quantitative estimate of drug-likeness (QED) is 0.448. The predicted octanol–water partition coefficient (Wildman–Crippen LogP) is 4.42. The summed E-state index contributed by atoms with van der Waals surface area (Å²) in [7, 11) is 1.21. The van der Waals surface area contributed by atoms with Crippen molar-refractivity contribution in [3.63, 3.8) is 0 Å². The highest BCUT2D eigenvalue weighted by molar-refractivity contribution is 9.10. The topological polar surface area (TPSA) is 96.5 Å². The van der Waals surface area contributed by atoms with Gasteiger partial charge in [-0.15, -0.1) is 0 Å². The number of nitrogens with zero attached hydrogens (tertiary/aromatic N) is 2. The first-order chi connectivity index (χ1) is 15.6. The fourth-order valence-corrected chi connectivity index (χ4v) is 3.46. The number of alkyl halides is 2. The lowest BCUT2D eigenvalue weighted by Gasteiger charge is -2.30. The van der Waals surface area contributed by atoms with Crippen molar-refractivity contribution in [3.05, 3.63) is 40.8 Å². The molecular formula is C22H29BrF2N4O4. The first-order valence-corrected chi connectivity index (χ1v) is 11.2. The van der Waals surface area contributed by atoms with Crippen LogP contribution in [-0.2, 0) is 20.8 Å². The number of alkyl carbamates (subject to hydrolysis) is 1. The van der Waals surface area contributed by atoms with Gasteiger partial charge >= 0.3 is 12.7 Å². The Morgan fingerprint density at radius 2 is 1.88 bits per heavy atom. The number of methoxy groups -OCH3 is 1. The number of aromatic nitrogens is 2. The molecule has 2 amide bonds. The molecule has 11 heteroatoms. The molecule has 0 saturated heterocycles. The van der Waals surface area contributed by atoms with Crippen LogP contribution in [0.15, 0.2) is 34.9 Å². The number of benzene rings is 1. The largest absolute Gasteiger partial charge is 0.453 e. The van der Waals surface area contributed by atoms with E-state index in [1.54, 1.807) is 27.0 Å². The van der Waals surface area contributed by atoms with Crippen molar-refractivity contribution in [3.8, 4) is 11.3 Å². The van der Waals surface area contributed by atoms with E-state index in [-0.39, 0.29) is 37.4 Å². The van der Waals surface area contributed by atoms with E-state index < -0.39 is 18.7 Å². The number of aromatic amines is 1. The molecule has 8 nitrogen and oxygen atoms in total. The molecule has 182 valence electrons. The van der Waals surface area contributed by atoms with Crippen molar-refractivity contribution in [1.29, 1.82) is 0 Å². The summed E-state index contributed by atoms with van der Waals surface area (Å²) in [5.74, 6) is -0.471. The Bertz CT molecular complexity index is 908. The van der Waals surface area contributed by atoms with E-state index in [0.29, 0.717) is 5.82 Å². The highest BCUT2D eigenvalue weighted by atomic mass is 79.9. The molecule has 0 saturated carbocycles. The van der Waals surface area contributed by atoms with Crippen LogP contribution >= 0.6 is 15.9 Å². The van der Waals surface area contributed by atoms with Crippen LogP contribution in [0, 0.1) is 11.8 Å². The monoisotopic (exact) mass is 530 g/mol. The number of halogens is 3. The molecule has 2 aromatic rings. The molecule has 33 heavy (non-hydrogen) atoms. The number of carbonyl (C=O) groups excluding carboxylic acids is 2. The van der Waals surface area contributed by atoms with Gasteiger partial charge in [-0.1, -0.05) is 48.8 Å². The number of imidazole rings is 1. The van der Waals surface area contributed by atoms with Crippen molar-refractivity contribution >= 4 is 27.9 Å². The maximum atomic E-state index is 13.3. The first-order valence-electron chi connectivity index (χ1n) is 10.4. The van der Waals surface area contributed by atoms with E-state index in [1.807, 2.05) is 24.3 Å². The van der Waals surface area contributed by atoms with Crippen molar-refractivity contribution in [2.45, 2.75) is 40.0 Å². The number of amides is 2. The summed E-state index contributed by atoms with van der Waals surface area (Å²) in [5, 5.41) is 2.55. The number of ether oxygens (including phenoxy) is 2. The fraction of sp³-hybridized carbons (Fsp3) is 0.500. The highest BCUT2D eigenvalue weighted by Gasteiger charge is 2.30. The van der Waals surface area contributed by atoms with Crippen molar-refractivity contribution in [2.24, 2.45) is 11.8 Å². The lowest BCUT2D eigenvalue weighted by Crippen LogP contribution is -2.52. The molecule has 2 atom stereocenters. The maximum absolute atomic E-state index is 13.3. The van der Waals surface area contributed by atoms with E-state index in [9.17, 15) is 18.4 Å². The van der Waals surface area contributed by atoms with Crippen LogP contribution in [0.1, 0.15) is 26.6 Å². The summed E-state index contributed by atoms with van der Waals surface area (Å²) in [5.41, 5.74) is 1.69. The molecule has 0 radical (unpaired) electrons. The van der Waals surface area contributed by atoms with Gasteiger partial charge in [0, 0.05) is 11.0 Å². The molecule has 0 aliphatic heterocycles. The zero-order chi connectivity index (χ0) is 24.5. The molecule has 2 N–H and O–H groups in total. The molecular weight excluding hydrogens is 502 g/mol. The Hall–Kier alpha value is -2.53. The van der Waals surface area contributed by atoms with Crippen LogP contribution in [0.25, 0.3) is 11.3 Å². The van der Waals surface area contributed by atoms with Gasteiger partial charge in [0.15, 0.2) is 0 Å². The lowest BCUT2D eigenvalue weighted by atomic mass is 10.0. The summed E-state index contributed by atoms with van der Waals surface area (Å²) < 4.78 is 34.9. The Morgan fingerprint density at radius 3 is 2.45 bits per heavy atom. The number of hydrogen-bond donors (Lipinski definition) is 2. The first kappa shape index (κ1) is 26.7. The number of H-pyrrole nitrogens is 1. The van der Waals surface area contributed by atoms with Gasteiger partial charge in [0.25, 0.3) is 0 Å². The van der Waals surface area contributed by atoms with Gasteiger partial charge in [-0.25, -0.2) is 9.78 Å². The van der Waals surface area contributed by atoms with Gasteiger partial charge in [-0.3, -0.25) is 4.79 Å². The Labute approximate surface area is 200 Å². The van der Waals surface area contributed by atoms with Crippen LogP contribution < -0.4 is 5.32 Å². The zero-order valence-electron chi connectivity index (χ0n) is 19.0. The Morgan fingerprint density at radius 1 is 1.21 bits per heavy atom. The van der Waals surface area contributed by atoms with Gasteiger partial charge in [-0.2, -0.15) is 8.78 Å². The number of rotatable bonds is 11. The van der Waals surface area contributed by atoms with Gasteiger partial charge in [0.2, 0.25) is 5.91 Å². The predicted molar refractivity (Wildman–Crippen MR) is 122 cm³/mol. The average Bonchev–Trinajstić information content (AvgIpc) is 3.23. The lowest BCUT2D eigenvalue weighted by molar-refractivity contribution is -0.143. The van der Waals surface area contributed by atoms with Crippen LogP contribution in [0.5, 0.6) is 0 Å². The summed E-state index contributed by atoms with van der Waals surface area (Å²) >= 11 is 3.40. The molecule has 1 aromatic carbocycles. The van der Waals surface area contributed by atoms with Crippen molar-refractivity contribution < 1.29 is 27.8 Å². The molecule has 0 unspecified atom stereocenters. The van der Waals surface area contributed by atoms with Gasteiger partial charge in [0.05, 0.1) is 32.2 Å². The fourth-order valence-electron chi connectivity index (χ4n) is 3.19. The molecule has 0 aliphatic carbocycles. The molecule has 1 heterocycles. The van der Waals surface area contributed by atoms with Crippen LogP contribution in [0.3, 0.4) is 0 Å². The third-order valence-corrected chi connectivity index (χ3v) is 5.39. The van der Waals surface area contributed by atoms with E-state index >= 15 is 0 Å². The van der Waals surface area contributed by atoms with Crippen LogP contribution in [0.2, 0.25) is 0 Å². The number of nitrogens with one attached hydrogen (secondary N) is 2. The minimum atomic E-state index is -2.89. The molecule has 0 bridgehead atoms. The Kier molecular flexibility index (Phi) is 10.2. The second-order valence-corrected chi connectivity index (χ2v) is 8.94. The van der Waals surface area contributed by atoms with Crippen molar-refractivity contribution in [2.75, 3.05) is 20.3 Å². The smallest absolute Gasteiger partial charge is 0.407 e. The van der Waals surface area contributed by atoms with Gasteiger partial charge in [-0.05, 0) is 29.5 Å². The molecule has 0 aliphatic rings. The van der Waals surface area contributed by atoms with E-state index in [4.69, 9.17) is 0 Å². The van der Waals surface area contributed by atoms with E-state index in [2.05, 4.69) is 40.7 Å². The summed E-state index contributed by atoms with van der Waals surface area (Å²) in [4.78, 5) is 34.2. The summed E-state index contributed by atoms with van der Waals surface area (Å²) in [6.45, 7) is 2.40. The SMILES string of the molecule is COC(=O)N[C@H](C(=O)N(Cc1ncc(-c2ccc(Br)cc2)[nH]1)C[C@H](C)COC(F)F)C(C)C. The minimum absolute atomic E-state index is 0.0977. The number of hydrogen-bond acceptors (Lipinski definition) is 5. The summed E-state index contributed by atoms with van der Waals surface area (Å²) in [6.07, 6.45) is 0.934. The number of carbonyl (C=O) groups is 2. The maximum Gasteiger partial charge on any atom is 0.407 e. The van der Waals surface area contributed by atoms with Gasteiger partial charge < -0.3 is 24.7 Å². The minimum Gasteiger partial charge on any atom is -0.453 e. The Balaban J connectivity index is 2.23. The van der Waals surface area contributed by atoms with Gasteiger partial charge in [0.1, 0.15) is 11.9 Å².